The molecule has 0 fully saturated rings. The van der Waals surface area contributed by atoms with E-state index in [1.165, 1.54) is 57.8 Å². The monoisotopic (exact) mass is 728 g/mol. The molecule has 0 aromatic rings. The van der Waals surface area contributed by atoms with E-state index in [-0.39, 0.29) is 76.4 Å². The number of carboxylic acids is 2. The molecule has 51 heavy (non-hydrogen) atoms. The van der Waals surface area contributed by atoms with Crippen LogP contribution in [-0.2, 0) is 38.2 Å². The van der Waals surface area contributed by atoms with E-state index in [2.05, 4.69) is 16.0 Å². The number of hydrogen-bond donors (Lipinski definition) is 6. The highest BCUT2D eigenvalue weighted by molar-refractivity contribution is 5.84. The Morgan fingerprint density at radius 2 is 1.06 bits per heavy atom. The van der Waals surface area contributed by atoms with Crippen LogP contribution >= 0.6 is 0 Å². The quantitative estimate of drug-likeness (QED) is 0.0386. The highest BCUT2D eigenvalue weighted by Crippen LogP contribution is 2.14. The molecular formula is C37H68N4O10. The van der Waals surface area contributed by atoms with Crippen molar-refractivity contribution in [2.75, 3.05) is 39.5 Å². The Kier molecular flexibility index (Phi) is 33.2. The summed E-state index contributed by atoms with van der Waals surface area (Å²) in [4.78, 5) is 68.7. The van der Waals surface area contributed by atoms with Gasteiger partial charge in [-0.15, -0.1) is 0 Å². The molecular weight excluding hydrogens is 660 g/mol. The van der Waals surface area contributed by atoms with E-state index in [1.807, 2.05) is 0 Å². The predicted molar refractivity (Wildman–Crippen MR) is 195 cm³/mol. The summed E-state index contributed by atoms with van der Waals surface area (Å²) < 4.78 is 10.6. The zero-order chi connectivity index (χ0) is 37.8. The van der Waals surface area contributed by atoms with Gasteiger partial charge in [-0.2, -0.15) is 0 Å². The number of carbonyl (C=O) groups excluding carboxylic acids is 4. The summed E-state index contributed by atoms with van der Waals surface area (Å²) in [6, 6.07) is -1.58. The maximum Gasteiger partial charge on any atom is 0.326 e. The molecule has 3 amide bonds. The molecule has 0 aliphatic carbocycles. The molecule has 0 radical (unpaired) electrons. The fourth-order valence-corrected chi connectivity index (χ4v) is 5.42. The van der Waals surface area contributed by atoms with Gasteiger partial charge < -0.3 is 46.2 Å². The molecule has 0 spiro atoms. The Labute approximate surface area is 305 Å². The molecule has 1 unspecified atom stereocenters. The van der Waals surface area contributed by atoms with Crippen molar-refractivity contribution in [2.24, 2.45) is 5.73 Å². The minimum absolute atomic E-state index is 0.00781. The molecule has 0 aromatic heterocycles. The van der Waals surface area contributed by atoms with Crippen molar-refractivity contribution in [2.45, 2.75) is 160 Å². The Morgan fingerprint density at radius 3 is 1.59 bits per heavy atom. The molecule has 2 atom stereocenters. The van der Waals surface area contributed by atoms with Crippen molar-refractivity contribution in [1.82, 2.24) is 16.0 Å². The van der Waals surface area contributed by atoms with Crippen molar-refractivity contribution in [3.8, 4) is 0 Å². The summed E-state index contributed by atoms with van der Waals surface area (Å²) in [5.41, 5.74) is 5.51. The lowest BCUT2D eigenvalue weighted by Gasteiger charge is -2.14. The van der Waals surface area contributed by atoms with Crippen LogP contribution in [0.2, 0.25) is 0 Å². The first-order valence-corrected chi connectivity index (χ1v) is 19.3. The van der Waals surface area contributed by atoms with Crippen molar-refractivity contribution in [3.05, 3.63) is 0 Å². The van der Waals surface area contributed by atoms with Gasteiger partial charge in [-0.25, -0.2) is 4.79 Å². The maximum atomic E-state index is 12.3. The average molecular weight is 729 g/mol. The van der Waals surface area contributed by atoms with Crippen LogP contribution in [0.4, 0.5) is 0 Å². The predicted octanol–water partition coefficient (Wildman–Crippen LogP) is 4.40. The Hall–Kier alpha value is -3.10. The summed E-state index contributed by atoms with van der Waals surface area (Å²) in [6.45, 7) is 1.29. The second-order valence-electron chi connectivity index (χ2n) is 13.2. The molecule has 14 heteroatoms. The normalized spacial score (nSPS) is 12.2. The largest absolute Gasteiger partial charge is 0.481 e. The number of nitrogens with one attached hydrogen (secondary N) is 3. The van der Waals surface area contributed by atoms with Crippen LogP contribution in [0, 0.1) is 0 Å². The molecule has 0 heterocycles. The summed E-state index contributed by atoms with van der Waals surface area (Å²) in [5, 5.41) is 26.0. The van der Waals surface area contributed by atoms with E-state index in [0.717, 1.165) is 51.4 Å². The minimum Gasteiger partial charge on any atom is -0.481 e. The lowest BCUT2D eigenvalue weighted by atomic mass is 10.0. The smallest absolute Gasteiger partial charge is 0.326 e. The molecule has 0 rings (SSSR count). The van der Waals surface area contributed by atoms with Crippen LogP contribution < -0.4 is 21.7 Å². The maximum absolute atomic E-state index is 12.3. The Morgan fingerprint density at radius 1 is 0.549 bits per heavy atom. The molecule has 0 bridgehead atoms. The molecule has 0 aliphatic rings. The Bertz CT molecular complexity index is 937. The van der Waals surface area contributed by atoms with Crippen molar-refractivity contribution < 1.29 is 48.5 Å². The molecule has 0 saturated carbocycles. The lowest BCUT2D eigenvalue weighted by Crippen LogP contribution is -2.41. The van der Waals surface area contributed by atoms with E-state index >= 15 is 0 Å². The number of unbranched alkanes of at least 4 members (excludes halogenated alkanes) is 16. The number of carbonyl (C=O) groups is 6. The number of ether oxygens (including phenoxy) is 2. The standard InChI is InChI=1S/C37H68N4O10/c38-31(29-42)19-17-18-24-39-35(45)30-51-28-27-50-26-25-40-33(43)23-22-32(37(48)49)41-34(44)20-15-13-11-9-7-5-3-1-2-4-6-8-10-12-14-16-21-36(46)47/h29,31-32H,1-28,30,38H2,(H,39,45)(H,40,43)(H,41,44)(H,46,47)(H,48,49)/t31-,32?/m0/s1. The van der Waals surface area contributed by atoms with E-state index < -0.39 is 24.0 Å². The third-order valence-electron chi connectivity index (χ3n) is 8.47. The SMILES string of the molecule is N[C@H](C=O)CCCCNC(=O)COCCOCCNC(=O)CCC(NC(=O)CCCCCCCCCCCCCCCCCCC(=O)O)C(=O)O. The van der Waals surface area contributed by atoms with Gasteiger partial charge in [0.25, 0.3) is 0 Å². The molecule has 0 saturated heterocycles. The number of aliphatic carboxylic acids is 2. The first-order valence-electron chi connectivity index (χ1n) is 19.3. The molecule has 7 N–H and O–H groups in total. The summed E-state index contributed by atoms with van der Waals surface area (Å²) >= 11 is 0. The highest BCUT2D eigenvalue weighted by Gasteiger charge is 2.20. The Balaban J connectivity index is 3.66. The average Bonchev–Trinajstić information content (AvgIpc) is 3.09. The minimum atomic E-state index is -1.17. The van der Waals surface area contributed by atoms with Gasteiger partial charge in [0, 0.05) is 32.4 Å². The van der Waals surface area contributed by atoms with E-state index in [1.54, 1.807) is 0 Å². The van der Waals surface area contributed by atoms with Crippen LogP contribution in [0.5, 0.6) is 0 Å². The van der Waals surface area contributed by atoms with E-state index in [9.17, 15) is 33.9 Å². The van der Waals surface area contributed by atoms with Gasteiger partial charge >= 0.3 is 11.9 Å². The van der Waals surface area contributed by atoms with E-state index in [0.29, 0.717) is 25.7 Å². The van der Waals surface area contributed by atoms with Gasteiger partial charge in [0.2, 0.25) is 17.7 Å². The summed E-state index contributed by atoms with van der Waals surface area (Å²) in [6.07, 6.45) is 21.2. The first kappa shape index (κ1) is 47.9. The first-order chi connectivity index (χ1) is 24.6. The van der Waals surface area contributed by atoms with Crippen molar-refractivity contribution >= 4 is 35.9 Å². The number of aldehydes is 1. The number of hydrogen-bond acceptors (Lipinski definition) is 9. The number of rotatable bonds is 38. The summed E-state index contributed by atoms with van der Waals surface area (Å²) in [5.74, 6) is -2.77. The van der Waals surface area contributed by atoms with Gasteiger partial charge in [0.15, 0.2) is 0 Å². The van der Waals surface area contributed by atoms with Crippen LogP contribution in [0.25, 0.3) is 0 Å². The summed E-state index contributed by atoms with van der Waals surface area (Å²) in [7, 11) is 0. The third-order valence-corrected chi connectivity index (χ3v) is 8.47. The highest BCUT2D eigenvalue weighted by atomic mass is 16.5. The zero-order valence-electron chi connectivity index (χ0n) is 31.0. The number of amides is 3. The molecule has 14 nitrogen and oxygen atoms in total. The molecule has 0 aromatic carbocycles. The fraction of sp³-hybridized carbons (Fsp3) is 0.838. The topological polar surface area (TPSA) is 223 Å². The van der Waals surface area contributed by atoms with Crippen molar-refractivity contribution in [1.29, 1.82) is 0 Å². The fourth-order valence-electron chi connectivity index (χ4n) is 5.42. The second kappa shape index (κ2) is 35.3. The lowest BCUT2D eigenvalue weighted by molar-refractivity contribution is -0.142. The zero-order valence-corrected chi connectivity index (χ0v) is 31.0. The molecule has 0 aliphatic heterocycles. The van der Waals surface area contributed by atoms with Crippen LogP contribution in [0.3, 0.4) is 0 Å². The second-order valence-corrected chi connectivity index (χ2v) is 13.2. The van der Waals surface area contributed by atoms with Gasteiger partial charge in [0.1, 0.15) is 18.9 Å². The van der Waals surface area contributed by atoms with Crippen LogP contribution in [0.15, 0.2) is 0 Å². The van der Waals surface area contributed by atoms with Gasteiger partial charge in [0.05, 0.1) is 25.9 Å². The van der Waals surface area contributed by atoms with Crippen molar-refractivity contribution in [3.63, 3.8) is 0 Å². The van der Waals surface area contributed by atoms with E-state index in [4.69, 9.17) is 20.3 Å². The van der Waals surface area contributed by atoms with Crippen LogP contribution in [-0.4, -0.2) is 97.8 Å². The van der Waals surface area contributed by atoms with Gasteiger partial charge in [-0.3, -0.25) is 19.2 Å². The number of nitrogens with two attached hydrogens (primary N) is 1. The number of carboxylic acid groups (broad SMARTS) is 2. The van der Waals surface area contributed by atoms with Crippen LogP contribution in [0.1, 0.15) is 148 Å². The van der Waals surface area contributed by atoms with Gasteiger partial charge in [-0.1, -0.05) is 89.9 Å². The van der Waals surface area contributed by atoms with Gasteiger partial charge in [-0.05, 0) is 38.5 Å². The molecule has 296 valence electrons. The third kappa shape index (κ3) is 35.1.